The predicted octanol–water partition coefficient (Wildman–Crippen LogP) is 2.99. The number of hydrogen-bond donors (Lipinski definition) is 1. The summed E-state index contributed by atoms with van der Waals surface area (Å²) in [5.41, 5.74) is -0.432. The molecule has 132 valence electrons. The third-order valence-corrected chi connectivity index (χ3v) is 3.10. The monoisotopic (exact) mass is 353 g/mol. The first kappa shape index (κ1) is 18.4. The van der Waals surface area contributed by atoms with Gasteiger partial charge in [-0.1, -0.05) is 6.07 Å². The fourth-order valence-electron chi connectivity index (χ4n) is 1.79. The van der Waals surface area contributed by atoms with Crippen LogP contribution in [0.4, 0.5) is 18.9 Å². The third-order valence-electron chi connectivity index (χ3n) is 3.10. The van der Waals surface area contributed by atoms with Gasteiger partial charge in [0, 0.05) is 11.9 Å². The second kappa shape index (κ2) is 7.29. The summed E-state index contributed by atoms with van der Waals surface area (Å²) in [4.78, 5) is 31.5. The second-order valence-corrected chi connectivity index (χ2v) is 5.16. The van der Waals surface area contributed by atoms with Crippen molar-refractivity contribution in [1.82, 2.24) is 9.97 Å². The van der Waals surface area contributed by atoms with Crippen LogP contribution in [0.15, 0.2) is 36.7 Å². The Morgan fingerprint density at radius 2 is 1.92 bits per heavy atom. The average Bonchev–Trinajstić information content (AvgIpc) is 2.54. The predicted molar refractivity (Wildman–Crippen MR) is 81.7 cm³/mol. The molecule has 6 nitrogen and oxygen atoms in total. The standard InChI is InChI=1S/C16H14F3N3O3/c1-9-7-21-13(8-20-9)15(24)25-10(2)14(23)22-12-5-3-4-11(6-12)16(17,18)19/h3-8,10H,1-2H3,(H,22,23). The lowest BCUT2D eigenvalue weighted by atomic mass is 10.2. The van der Waals surface area contributed by atoms with Gasteiger partial charge in [-0.3, -0.25) is 9.78 Å². The number of carbonyl (C=O) groups is 2. The van der Waals surface area contributed by atoms with Gasteiger partial charge in [0.2, 0.25) is 0 Å². The molecule has 9 heteroatoms. The van der Waals surface area contributed by atoms with Gasteiger partial charge in [0.15, 0.2) is 11.8 Å². The van der Waals surface area contributed by atoms with Crippen molar-refractivity contribution in [3.05, 3.63) is 53.6 Å². The topological polar surface area (TPSA) is 81.2 Å². The van der Waals surface area contributed by atoms with E-state index < -0.39 is 29.7 Å². The largest absolute Gasteiger partial charge is 0.448 e. The van der Waals surface area contributed by atoms with Crippen LogP contribution in [0.1, 0.15) is 28.7 Å². The van der Waals surface area contributed by atoms with Crippen molar-refractivity contribution < 1.29 is 27.5 Å². The molecule has 0 radical (unpaired) electrons. The number of aryl methyl sites for hydroxylation is 1. The Bertz CT molecular complexity index is 776. The summed E-state index contributed by atoms with van der Waals surface area (Å²) in [5.74, 6) is -1.63. The minimum absolute atomic E-state index is 0.0575. The van der Waals surface area contributed by atoms with Crippen LogP contribution in [0, 0.1) is 6.92 Å². The molecule has 1 aromatic heterocycles. The number of esters is 1. The number of halogens is 3. The van der Waals surface area contributed by atoms with E-state index in [2.05, 4.69) is 15.3 Å². The fourth-order valence-corrected chi connectivity index (χ4v) is 1.79. The van der Waals surface area contributed by atoms with Crippen LogP contribution in [0.5, 0.6) is 0 Å². The normalized spacial score (nSPS) is 12.4. The molecule has 0 saturated carbocycles. The molecule has 1 amide bonds. The smallest absolute Gasteiger partial charge is 0.416 e. The second-order valence-electron chi connectivity index (χ2n) is 5.16. The fraction of sp³-hybridized carbons (Fsp3) is 0.250. The Hall–Kier alpha value is -2.97. The first-order valence-electron chi connectivity index (χ1n) is 7.14. The molecule has 1 atom stereocenters. The molecule has 1 heterocycles. The maximum atomic E-state index is 12.7. The Labute approximate surface area is 141 Å². The van der Waals surface area contributed by atoms with Crippen molar-refractivity contribution in [2.75, 3.05) is 5.32 Å². The number of hydrogen-bond acceptors (Lipinski definition) is 5. The molecule has 2 aromatic rings. The number of nitrogens with one attached hydrogen (secondary N) is 1. The van der Waals surface area contributed by atoms with Crippen LogP contribution in [0.25, 0.3) is 0 Å². The van der Waals surface area contributed by atoms with Gasteiger partial charge in [-0.15, -0.1) is 0 Å². The highest BCUT2D eigenvalue weighted by atomic mass is 19.4. The molecule has 1 N–H and O–H groups in total. The molecule has 0 fully saturated rings. The summed E-state index contributed by atoms with van der Waals surface area (Å²) in [5, 5.41) is 2.27. The molecular formula is C16H14F3N3O3. The Morgan fingerprint density at radius 3 is 2.52 bits per heavy atom. The third kappa shape index (κ3) is 5.00. The molecule has 0 spiro atoms. The van der Waals surface area contributed by atoms with E-state index in [0.29, 0.717) is 5.69 Å². The highest BCUT2D eigenvalue weighted by molar-refractivity contribution is 5.96. The zero-order chi connectivity index (χ0) is 18.6. The molecule has 0 aliphatic heterocycles. The molecule has 0 saturated heterocycles. The zero-order valence-electron chi connectivity index (χ0n) is 13.3. The van der Waals surface area contributed by atoms with E-state index in [0.717, 1.165) is 18.2 Å². The quantitative estimate of drug-likeness (QED) is 0.855. The number of carbonyl (C=O) groups excluding carboxylic acids is 2. The number of aromatic nitrogens is 2. The Morgan fingerprint density at radius 1 is 1.20 bits per heavy atom. The molecule has 2 rings (SSSR count). The zero-order valence-corrected chi connectivity index (χ0v) is 13.3. The Kier molecular flexibility index (Phi) is 5.35. The molecular weight excluding hydrogens is 339 g/mol. The van der Waals surface area contributed by atoms with Gasteiger partial charge in [-0.05, 0) is 32.0 Å². The van der Waals surface area contributed by atoms with Gasteiger partial charge in [0.05, 0.1) is 17.5 Å². The van der Waals surface area contributed by atoms with Crippen molar-refractivity contribution in [1.29, 1.82) is 0 Å². The SMILES string of the molecule is Cc1cnc(C(=O)OC(C)C(=O)Nc2cccc(C(F)(F)F)c2)cn1. The van der Waals surface area contributed by atoms with E-state index in [4.69, 9.17) is 4.74 Å². The highest BCUT2D eigenvalue weighted by Gasteiger charge is 2.30. The van der Waals surface area contributed by atoms with Crippen molar-refractivity contribution in [2.24, 2.45) is 0 Å². The summed E-state index contributed by atoms with van der Waals surface area (Å²) in [6.07, 6.45) is -3.19. The molecule has 1 unspecified atom stereocenters. The van der Waals surface area contributed by atoms with Gasteiger partial charge in [-0.2, -0.15) is 13.2 Å². The molecule has 25 heavy (non-hydrogen) atoms. The van der Waals surface area contributed by atoms with E-state index in [1.165, 1.54) is 25.4 Å². The molecule has 0 bridgehead atoms. The van der Waals surface area contributed by atoms with Crippen LogP contribution < -0.4 is 5.32 Å². The number of amides is 1. The van der Waals surface area contributed by atoms with E-state index in [9.17, 15) is 22.8 Å². The van der Waals surface area contributed by atoms with E-state index in [1.807, 2.05) is 0 Å². The summed E-state index contributed by atoms with van der Waals surface area (Å²) >= 11 is 0. The van der Waals surface area contributed by atoms with E-state index in [1.54, 1.807) is 6.92 Å². The number of nitrogens with zero attached hydrogens (tertiary/aromatic N) is 2. The van der Waals surface area contributed by atoms with Crippen LogP contribution >= 0.6 is 0 Å². The summed E-state index contributed by atoms with van der Waals surface area (Å²) in [6.45, 7) is 2.98. The summed E-state index contributed by atoms with van der Waals surface area (Å²) in [7, 11) is 0. The number of benzene rings is 1. The van der Waals surface area contributed by atoms with Crippen molar-refractivity contribution in [3.8, 4) is 0 Å². The van der Waals surface area contributed by atoms with Gasteiger partial charge < -0.3 is 10.1 Å². The van der Waals surface area contributed by atoms with Crippen LogP contribution in [0.2, 0.25) is 0 Å². The number of alkyl halides is 3. The molecule has 0 aliphatic carbocycles. The van der Waals surface area contributed by atoms with Crippen molar-refractivity contribution in [3.63, 3.8) is 0 Å². The maximum Gasteiger partial charge on any atom is 0.416 e. The van der Waals surface area contributed by atoms with Crippen LogP contribution in [-0.2, 0) is 15.7 Å². The number of rotatable bonds is 4. The summed E-state index contributed by atoms with van der Waals surface area (Å²) < 4.78 is 42.9. The molecule has 1 aromatic carbocycles. The lowest BCUT2D eigenvalue weighted by molar-refractivity contribution is -0.137. The van der Waals surface area contributed by atoms with Crippen LogP contribution in [-0.4, -0.2) is 27.9 Å². The van der Waals surface area contributed by atoms with Gasteiger partial charge >= 0.3 is 12.1 Å². The molecule has 0 aliphatic rings. The van der Waals surface area contributed by atoms with E-state index >= 15 is 0 Å². The number of anilines is 1. The summed E-state index contributed by atoms with van der Waals surface area (Å²) in [6, 6.07) is 4.14. The van der Waals surface area contributed by atoms with Gasteiger partial charge in [-0.25, -0.2) is 9.78 Å². The van der Waals surface area contributed by atoms with Crippen molar-refractivity contribution in [2.45, 2.75) is 26.1 Å². The lowest BCUT2D eigenvalue weighted by Crippen LogP contribution is -2.30. The number of ether oxygens (including phenoxy) is 1. The minimum atomic E-state index is -4.52. The van der Waals surface area contributed by atoms with E-state index in [-0.39, 0.29) is 11.4 Å². The first-order valence-corrected chi connectivity index (χ1v) is 7.14. The van der Waals surface area contributed by atoms with Crippen molar-refractivity contribution >= 4 is 17.6 Å². The van der Waals surface area contributed by atoms with Gasteiger partial charge in [0.25, 0.3) is 5.91 Å². The van der Waals surface area contributed by atoms with Gasteiger partial charge in [0.1, 0.15) is 0 Å². The highest BCUT2D eigenvalue weighted by Crippen LogP contribution is 2.30. The maximum absolute atomic E-state index is 12.7. The lowest BCUT2D eigenvalue weighted by Gasteiger charge is -2.14. The Balaban J connectivity index is 2.01. The minimum Gasteiger partial charge on any atom is -0.448 e. The first-order chi connectivity index (χ1) is 11.7. The average molecular weight is 353 g/mol. The van der Waals surface area contributed by atoms with Crippen LogP contribution in [0.3, 0.4) is 0 Å².